The van der Waals surface area contributed by atoms with E-state index in [0.29, 0.717) is 0 Å². The summed E-state index contributed by atoms with van der Waals surface area (Å²) in [6.07, 6.45) is 0.479. The molecule has 0 saturated carbocycles. The number of carbonyl (C=O) groups is 1. The van der Waals surface area contributed by atoms with Crippen LogP contribution in [-0.4, -0.2) is 32.7 Å². The monoisotopic (exact) mass is 195 g/mol. The molecule has 0 aromatic carbocycles. The van der Waals surface area contributed by atoms with Gasteiger partial charge in [0.2, 0.25) is 0 Å². The van der Waals surface area contributed by atoms with Crippen LogP contribution in [0.4, 0.5) is 0 Å². The normalized spacial score (nSPS) is 30.5. The van der Waals surface area contributed by atoms with Gasteiger partial charge in [-0.25, -0.2) is 0 Å². The third kappa shape index (κ3) is 2.04. The molecule has 0 radical (unpaired) electrons. The standard InChI is InChI=1S/C5H10NO5P/c7-5(8)3-1-2-4(6-3)12(9,10)11/h3-4,6H,1-2H2,(H,7,8)(H2,9,10,11)/t3-,4?/m0/s1. The van der Waals surface area contributed by atoms with Crippen molar-refractivity contribution in [2.24, 2.45) is 0 Å². The highest BCUT2D eigenvalue weighted by Gasteiger charge is 2.38. The Morgan fingerprint density at radius 3 is 2.25 bits per heavy atom. The number of hydrogen-bond donors (Lipinski definition) is 4. The summed E-state index contributed by atoms with van der Waals surface area (Å²) in [4.78, 5) is 27.7. The first-order valence-electron chi connectivity index (χ1n) is 3.45. The first-order valence-corrected chi connectivity index (χ1v) is 5.13. The Bertz CT molecular complexity index is 236. The van der Waals surface area contributed by atoms with Crippen molar-refractivity contribution in [1.29, 1.82) is 0 Å². The van der Waals surface area contributed by atoms with E-state index in [1.165, 1.54) is 0 Å². The van der Waals surface area contributed by atoms with E-state index in [0.717, 1.165) is 0 Å². The second-order valence-electron chi connectivity index (χ2n) is 2.74. The van der Waals surface area contributed by atoms with Crippen LogP contribution in [0.5, 0.6) is 0 Å². The molecule has 70 valence electrons. The highest BCUT2D eigenvalue weighted by atomic mass is 31.2. The van der Waals surface area contributed by atoms with Gasteiger partial charge in [-0.2, -0.15) is 0 Å². The van der Waals surface area contributed by atoms with Crippen LogP contribution in [0.15, 0.2) is 0 Å². The van der Waals surface area contributed by atoms with Crippen molar-refractivity contribution in [2.45, 2.75) is 24.7 Å². The third-order valence-corrected chi connectivity index (χ3v) is 3.05. The lowest BCUT2D eigenvalue weighted by Gasteiger charge is -2.12. The molecule has 1 fully saturated rings. The maximum Gasteiger partial charge on any atom is 0.342 e. The Morgan fingerprint density at radius 2 is 2.00 bits per heavy atom. The van der Waals surface area contributed by atoms with Gasteiger partial charge >= 0.3 is 13.6 Å². The van der Waals surface area contributed by atoms with Crippen molar-refractivity contribution in [3.63, 3.8) is 0 Å². The van der Waals surface area contributed by atoms with Gasteiger partial charge in [0, 0.05) is 0 Å². The van der Waals surface area contributed by atoms with E-state index in [-0.39, 0.29) is 12.8 Å². The minimum atomic E-state index is -4.16. The molecule has 1 aliphatic heterocycles. The number of hydrogen-bond acceptors (Lipinski definition) is 3. The van der Waals surface area contributed by atoms with Crippen LogP contribution in [0.1, 0.15) is 12.8 Å². The number of aliphatic carboxylic acids is 1. The molecule has 1 unspecified atom stereocenters. The molecule has 0 aliphatic carbocycles. The molecule has 0 aromatic rings. The topological polar surface area (TPSA) is 107 Å². The van der Waals surface area contributed by atoms with Crippen LogP contribution in [0.25, 0.3) is 0 Å². The van der Waals surface area contributed by atoms with E-state index in [4.69, 9.17) is 14.9 Å². The molecule has 0 amide bonds. The lowest BCUT2D eigenvalue weighted by atomic mass is 10.2. The molecule has 12 heavy (non-hydrogen) atoms. The summed E-state index contributed by atoms with van der Waals surface area (Å²) in [5.41, 5.74) is 0. The number of rotatable bonds is 2. The van der Waals surface area contributed by atoms with E-state index >= 15 is 0 Å². The predicted molar refractivity (Wildman–Crippen MR) is 39.6 cm³/mol. The molecule has 0 aromatic heterocycles. The lowest BCUT2D eigenvalue weighted by Crippen LogP contribution is -2.35. The van der Waals surface area contributed by atoms with Crippen molar-refractivity contribution in [3.05, 3.63) is 0 Å². The molecule has 1 rings (SSSR count). The molecule has 7 heteroatoms. The lowest BCUT2D eigenvalue weighted by molar-refractivity contribution is -0.139. The maximum atomic E-state index is 10.6. The Labute approximate surface area is 68.8 Å². The number of carboxylic acid groups (broad SMARTS) is 1. The number of carboxylic acids is 1. The van der Waals surface area contributed by atoms with Crippen LogP contribution in [0.2, 0.25) is 0 Å². The first kappa shape index (κ1) is 9.67. The second-order valence-corrected chi connectivity index (χ2v) is 4.54. The average Bonchev–Trinajstić information content (AvgIpc) is 2.30. The largest absolute Gasteiger partial charge is 0.480 e. The van der Waals surface area contributed by atoms with Crippen LogP contribution < -0.4 is 5.32 Å². The SMILES string of the molecule is O=C(O)[C@@H]1CCC(P(=O)(O)O)N1. The van der Waals surface area contributed by atoms with Crippen LogP contribution in [0, 0.1) is 0 Å². The zero-order valence-corrected chi connectivity index (χ0v) is 7.07. The highest BCUT2D eigenvalue weighted by Crippen LogP contribution is 2.44. The van der Waals surface area contributed by atoms with E-state index in [9.17, 15) is 9.36 Å². The van der Waals surface area contributed by atoms with E-state index < -0.39 is 25.4 Å². The summed E-state index contributed by atoms with van der Waals surface area (Å²) >= 11 is 0. The fourth-order valence-corrected chi connectivity index (χ4v) is 2.04. The van der Waals surface area contributed by atoms with Gasteiger partial charge in [-0.3, -0.25) is 14.7 Å². The first-order chi connectivity index (χ1) is 5.41. The zero-order chi connectivity index (χ0) is 9.35. The van der Waals surface area contributed by atoms with E-state index in [2.05, 4.69) is 5.32 Å². The summed E-state index contributed by atoms with van der Waals surface area (Å²) in [5.74, 6) is -2.05. The second kappa shape index (κ2) is 3.14. The zero-order valence-electron chi connectivity index (χ0n) is 6.17. The van der Waals surface area contributed by atoms with Crippen molar-refractivity contribution in [2.75, 3.05) is 0 Å². The molecule has 1 saturated heterocycles. The van der Waals surface area contributed by atoms with Crippen molar-refractivity contribution in [3.8, 4) is 0 Å². The number of nitrogens with one attached hydrogen (secondary N) is 1. The summed E-state index contributed by atoms with van der Waals surface area (Å²) < 4.78 is 10.6. The van der Waals surface area contributed by atoms with Gasteiger partial charge in [0.15, 0.2) is 0 Å². The van der Waals surface area contributed by atoms with Crippen molar-refractivity contribution in [1.82, 2.24) is 5.32 Å². The van der Waals surface area contributed by atoms with Gasteiger partial charge in [0.05, 0.1) is 0 Å². The fraction of sp³-hybridized carbons (Fsp3) is 0.800. The van der Waals surface area contributed by atoms with Crippen LogP contribution >= 0.6 is 7.60 Å². The van der Waals surface area contributed by atoms with E-state index in [1.54, 1.807) is 0 Å². The van der Waals surface area contributed by atoms with Gasteiger partial charge in [-0.05, 0) is 12.8 Å². The summed E-state index contributed by atoms with van der Waals surface area (Å²) in [5, 5.41) is 10.8. The molecule has 1 aliphatic rings. The van der Waals surface area contributed by atoms with Crippen LogP contribution in [-0.2, 0) is 9.36 Å². The summed E-state index contributed by atoms with van der Waals surface area (Å²) in [6, 6.07) is -0.817. The Morgan fingerprint density at radius 1 is 1.42 bits per heavy atom. The van der Waals surface area contributed by atoms with Crippen molar-refractivity contribution >= 4 is 13.6 Å². The maximum absolute atomic E-state index is 10.6. The summed E-state index contributed by atoms with van der Waals surface area (Å²) in [6.45, 7) is 0. The van der Waals surface area contributed by atoms with Gasteiger partial charge < -0.3 is 14.9 Å². The smallest absolute Gasteiger partial charge is 0.342 e. The van der Waals surface area contributed by atoms with Gasteiger partial charge in [-0.15, -0.1) is 0 Å². The Balaban J connectivity index is 2.57. The summed E-state index contributed by atoms with van der Waals surface area (Å²) in [7, 11) is -4.16. The molecule has 1 heterocycles. The Hall–Kier alpha value is -0.420. The van der Waals surface area contributed by atoms with E-state index in [1.807, 2.05) is 0 Å². The quantitative estimate of drug-likeness (QED) is 0.435. The molecular formula is C5H10NO5P. The molecule has 6 nitrogen and oxygen atoms in total. The van der Waals surface area contributed by atoms with Gasteiger partial charge in [0.1, 0.15) is 11.8 Å². The minimum Gasteiger partial charge on any atom is -0.480 e. The van der Waals surface area contributed by atoms with Gasteiger partial charge in [0.25, 0.3) is 0 Å². The molecular weight excluding hydrogens is 185 g/mol. The predicted octanol–water partition coefficient (Wildman–Crippen LogP) is -0.673. The molecule has 4 N–H and O–H groups in total. The van der Waals surface area contributed by atoms with Gasteiger partial charge in [-0.1, -0.05) is 0 Å². The van der Waals surface area contributed by atoms with Crippen molar-refractivity contribution < 1.29 is 24.3 Å². The highest BCUT2D eigenvalue weighted by molar-refractivity contribution is 7.52. The fourth-order valence-electron chi connectivity index (χ4n) is 1.18. The molecule has 2 atom stereocenters. The third-order valence-electron chi connectivity index (χ3n) is 1.83. The Kier molecular flexibility index (Phi) is 2.53. The molecule has 0 bridgehead atoms. The molecule has 0 spiro atoms. The van der Waals surface area contributed by atoms with Crippen LogP contribution in [0.3, 0.4) is 0 Å². The minimum absolute atomic E-state index is 0.210. The average molecular weight is 195 g/mol.